The number of aromatic amines is 1. The van der Waals surface area contributed by atoms with Crippen molar-refractivity contribution in [2.45, 2.75) is 25.9 Å². The summed E-state index contributed by atoms with van der Waals surface area (Å²) >= 11 is 12.6. The van der Waals surface area contributed by atoms with Gasteiger partial charge in [-0.2, -0.15) is 5.10 Å². The van der Waals surface area contributed by atoms with Crippen LogP contribution in [0.25, 0.3) is 11.3 Å². The fraction of sp³-hybridized carbons (Fsp3) is 0.273. The lowest BCUT2D eigenvalue weighted by molar-refractivity contribution is 0.0865. The molecule has 3 aromatic rings. The van der Waals surface area contributed by atoms with Gasteiger partial charge in [0.25, 0.3) is 5.91 Å². The number of piperidine rings is 1. The van der Waals surface area contributed by atoms with E-state index in [4.69, 9.17) is 27.9 Å². The minimum absolute atomic E-state index is 0. The Bertz CT molecular complexity index is 1110. The summed E-state index contributed by atoms with van der Waals surface area (Å²) in [7, 11) is 0. The maximum atomic E-state index is 13.8. The van der Waals surface area contributed by atoms with Gasteiger partial charge in [0.05, 0.1) is 10.7 Å². The van der Waals surface area contributed by atoms with Gasteiger partial charge in [-0.25, -0.2) is 10.0 Å². The highest BCUT2D eigenvalue weighted by atomic mass is 35.5. The Kier molecular flexibility index (Phi) is 6.44. The van der Waals surface area contributed by atoms with Crippen LogP contribution in [0.4, 0.5) is 5.69 Å². The van der Waals surface area contributed by atoms with Crippen molar-refractivity contribution in [3.63, 3.8) is 0 Å². The van der Waals surface area contributed by atoms with Crippen LogP contribution < -0.4 is 9.75 Å². The molecule has 9 heteroatoms. The Hall–Kier alpha value is -2.25. The van der Waals surface area contributed by atoms with E-state index in [-0.39, 0.29) is 24.9 Å². The Labute approximate surface area is 196 Å². The van der Waals surface area contributed by atoms with Gasteiger partial charge in [-0.05, 0) is 43.2 Å². The predicted octanol–water partition coefficient (Wildman–Crippen LogP) is 5.75. The molecule has 5 rings (SSSR count). The van der Waals surface area contributed by atoms with Gasteiger partial charge in [-0.1, -0.05) is 41.8 Å². The summed E-state index contributed by atoms with van der Waals surface area (Å²) in [5, 5.41) is 12.3. The van der Waals surface area contributed by atoms with E-state index < -0.39 is 0 Å². The summed E-state index contributed by atoms with van der Waals surface area (Å²) in [5.74, 6) is 0.472. The second-order valence-corrected chi connectivity index (χ2v) is 8.28. The van der Waals surface area contributed by atoms with E-state index in [1.165, 1.54) is 0 Å². The van der Waals surface area contributed by atoms with Crippen LogP contribution in [0.2, 0.25) is 10.0 Å². The molecular weight excluding hydrogens is 459 g/mol. The SMILES string of the molecule is Cl.O=C(c1[nH]nc2c1COc1cc(Cl)ccc1-2)N(c1ccccc1Cl)N1CCCCC1. The van der Waals surface area contributed by atoms with E-state index in [1.807, 2.05) is 24.3 Å². The molecule has 3 heterocycles. The van der Waals surface area contributed by atoms with Gasteiger partial charge in [0.2, 0.25) is 0 Å². The van der Waals surface area contributed by atoms with Crippen LogP contribution in [0.15, 0.2) is 42.5 Å². The summed E-state index contributed by atoms with van der Waals surface area (Å²) in [6.45, 7) is 1.84. The fourth-order valence-electron chi connectivity index (χ4n) is 4.06. The third kappa shape index (κ3) is 4.01. The van der Waals surface area contributed by atoms with Crippen LogP contribution in [-0.4, -0.2) is 34.2 Å². The largest absolute Gasteiger partial charge is 0.488 e. The number of anilines is 1. The summed E-state index contributed by atoms with van der Waals surface area (Å²) < 4.78 is 5.88. The van der Waals surface area contributed by atoms with Gasteiger partial charge in [-0.3, -0.25) is 9.89 Å². The predicted molar refractivity (Wildman–Crippen MR) is 124 cm³/mol. The first kappa shape index (κ1) is 22.0. The number of aromatic nitrogens is 2. The number of fused-ring (bicyclic) bond motifs is 3. The van der Waals surface area contributed by atoms with Crippen LogP contribution in [0.1, 0.15) is 35.3 Å². The van der Waals surface area contributed by atoms with Crippen LogP contribution in [-0.2, 0) is 6.61 Å². The fourth-order valence-corrected chi connectivity index (χ4v) is 4.44. The van der Waals surface area contributed by atoms with Gasteiger partial charge in [-0.15, -0.1) is 12.4 Å². The zero-order valence-corrected chi connectivity index (χ0v) is 18.9. The second kappa shape index (κ2) is 9.09. The molecule has 0 spiro atoms. The van der Waals surface area contributed by atoms with Crippen LogP contribution in [0.5, 0.6) is 5.75 Å². The number of rotatable bonds is 3. The third-order valence-electron chi connectivity index (χ3n) is 5.54. The second-order valence-electron chi connectivity index (χ2n) is 7.44. The van der Waals surface area contributed by atoms with Gasteiger partial charge < -0.3 is 4.74 Å². The van der Waals surface area contributed by atoms with E-state index in [9.17, 15) is 4.79 Å². The number of carbonyl (C=O) groups excluding carboxylic acids is 1. The molecule has 0 saturated carbocycles. The lowest BCUT2D eigenvalue weighted by Crippen LogP contribution is -2.49. The highest BCUT2D eigenvalue weighted by Gasteiger charge is 2.33. The molecule has 0 atom stereocenters. The minimum Gasteiger partial charge on any atom is -0.488 e. The molecule has 162 valence electrons. The van der Waals surface area contributed by atoms with Crippen LogP contribution in [0.3, 0.4) is 0 Å². The number of halogens is 3. The molecule has 6 nitrogen and oxygen atoms in total. The average molecular weight is 480 g/mol. The van der Waals surface area contributed by atoms with Crippen molar-refractivity contribution in [3.05, 3.63) is 63.8 Å². The normalized spacial score (nSPS) is 15.3. The van der Waals surface area contributed by atoms with Crippen molar-refractivity contribution in [2.75, 3.05) is 18.1 Å². The Balaban J connectivity index is 0.00000231. The number of hydrazine groups is 1. The highest BCUT2D eigenvalue weighted by Crippen LogP contribution is 2.39. The van der Waals surface area contributed by atoms with E-state index in [0.717, 1.165) is 43.5 Å². The summed E-state index contributed by atoms with van der Waals surface area (Å²) in [6.07, 6.45) is 3.23. The Morgan fingerprint density at radius 3 is 2.65 bits per heavy atom. The first-order valence-electron chi connectivity index (χ1n) is 9.97. The monoisotopic (exact) mass is 478 g/mol. The number of amides is 1. The lowest BCUT2D eigenvalue weighted by atomic mass is 10.0. The molecule has 0 bridgehead atoms. The Morgan fingerprint density at radius 1 is 1.10 bits per heavy atom. The maximum absolute atomic E-state index is 13.8. The zero-order valence-electron chi connectivity index (χ0n) is 16.6. The summed E-state index contributed by atoms with van der Waals surface area (Å²) in [6, 6.07) is 12.8. The van der Waals surface area contributed by atoms with Crippen molar-refractivity contribution in [1.29, 1.82) is 0 Å². The molecule has 1 aromatic heterocycles. The number of hydrogen-bond donors (Lipinski definition) is 1. The molecule has 0 radical (unpaired) electrons. The molecule has 2 aliphatic rings. The maximum Gasteiger partial charge on any atom is 0.291 e. The van der Waals surface area contributed by atoms with E-state index in [1.54, 1.807) is 23.2 Å². The quantitative estimate of drug-likeness (QED) is 0.520. The molecule has 31 heavy (non-hydrogen) atoms. The molecular formula is C22H21Cl3N4O2. The lowest BCUT2D eigenvalue weighted by Gasteiger charge is -2.37. The highest BCUT2D eigenvalue weighted by molar-refractivity contribution is 6.34. The van der Waals surface area contributed by atoms with Crippen molar-refractivity contribution >= 4 is 47.2 Å². The van der Waals surface area contributed by atoms with Crippen LogP contribution in [0, 0.1) is 0 Å². The van der Waals surface area contributed by atoms with Crippen molar-refractivity contribution < 1.29 is 9.53 Å². The zero-order chi connectivity index (χ0) is 20.7. The molecule has 0 unspecified atom stereocenters. The van der Waals surface area contributed by atoms with Crippen molar-refractivity contribution in [2.24, 2.45) is 0 Å². The van der Waals surface area contributed by atoms with E-state index >= 15 is 0 Å². The van der Waals surface area contributed by atoms with Gasteiger partial charge in [0.15, 0.2) is 0 Å². The minimum atomic E-state index is -0.195. The number of nitrogens with zero attached hydrogens (tertiary/aromatic N) is 3. The van der Waals surface area contributed by atoms with E-state index in [2.05, 4.69) is 15.2 Å². The molecule has 1 fully saturated rings. The number of carbonyl (C=O) groups is 1. The van der Waals surface area contributed by atoms with Crippen molar-refractivity contribution in [3.8, 4) is 17.0 Å². The smallest absolute Gasteiger partial charge is 0.291 e. The van der Waals surface area contributed by atoms with E-state index in [0.29, 0.717) is 32.9 Å². The molecule has 1 amide bonds. The first-order chi connectivity index (χ1) is 14.6. The molecule has 1 saturated heterocycles. The topological polar surface area (TPSA) is 61.5 Å². The number of hydrogen-bond acceptors (Lipinski definition) is 4. The summed E-state index contributed by atoms with van der Waals surface area (Å²) in [4.78, 5) is 13.8. The number of para-hydroxylation sites is 1. The van der Waals surface area contributed by atoms with Gasteiger partial charge in [0.1, 0.15) is 23.7 Å². The molecule has 1 N–H and O–H groups in total. The summed E-state index contributed by atoms with van der Waals surface area (Å²) in [5.41, 5.74) is 3.35. The van der Waals surface area contributed by atoms with Crippen molar-refractivity contribution in [1.82, 2.24) is 15.2 Å². The number of H-pyrrole nitrogens is 1. The first-order valence-corrected chi connectivity index (χ1v) is 10.7. The standard InChI is InChI=1S/C22H20Cl2N4O2.ClH/c23-14-8-9-15-19(12-14)30-13-16-20(15)25-26-21(16)22(29)28(27-10-4-1-5-11-27)18-7-3-2-6-17(18)24;/h2-3,6-9,12H,1,4-5,10-11,13H2,(H,25,26);1H. The number of nitrogens with one attached hydrogen (secondary N) is 1. The Morgan fingerprint density at radius 2 is 1.87 bits per heavy atom. The third-order valence-corrected chi connectivity index (χ3v) is 6.09. The van der Waals surface area contributed by atoms with Crippen LogP contribution >= 0.6 is 35.6 Å². The van der Waals surface area contributed by atoms with Gasteiger partial charge >= 0.3 is 0 Å². The molecule has 2 aromatic carbocycles. The molecule has 2 aliphatic heterocycles. The average Bonchev–Trinajstić information content (AvgIpc) is 3.20. The molecule has 0 aliphatic carbocycles. The van der Waals surface area contributed by atoms with Gasteiger partial charge in [0, 0.05) is 29.2 Å². The number of ether oxygens (including phenoxy) is 1. The number of benzene rings is 2.